The minimum Gasteiger partial charge on any atom is -0.508 e. The van der Waals surface area contributed by atoms with E-state index in [1.807, 2.05) is 0 Å². The molecular weight excluding hydrogens is 252 g/mol. The molecule has 2 aromatic carbocycles. The number of phenolic OH excluding ortho intramolecular Hbond substituents is 1. The molecule has 2 rings (SSSR count). The fourth-order valence-electron chi connectivity index (χ4n) is 1.53. The van der Waals surface area contributed by atoms with Crippen molar-refractivity contribution in [2.45, 2.75) is 6.61 Å². The van der Waals surface area contributed by atoms with Crippen molar-refractivity contribution < 1.29 is 14.6 Å². The SMILES string of the molecule is O=Cc1ccccc1OCc1cc(Cl)ccc1O. The van der Waals surface area contributed by atoms with Gasteiger partial charge in [0, 0.05) is 10.6 Å². The van der Waals surface area contributed by atoms with E-state index >= 15 is 0 Å². The highest BCUT2D eigenvalue weighted by molar-refractivity contribution is 6.30. The molecule has 0 aliphatic rings. The number of hydrogen-bond acceptors (Lipinski definition) is 3. The molecule has 0 aliphatic heterocycles. The Balaban J connectivity index is 2.16. The van der Waals surface area contributed by atoms with Crippen molar-refractivity contribution in [1.29, 1.82) is 0 Å². The average Bonchev–Trinajstić information content (AvgIpc) is 2.40. The van der Waals surface area contributed by atoms with Crippen LogP contribution in [0, 0.1) is 0 Å². The number of rotatable bonds is 4. The highest BCUT2D eigenvalue weighted by atomic mass is 35.5. The van der Waals surface area contributed by atoms with Gasteiger partial charge < -0.3 is 9.84 Å². The van der Waals surface area contributed by atoms with E-state index in [9.17, 15) is 9.90 Å². The third kappa shape index (κ3) is 2.81. The number of aldehydes is 1. The second-order valence-electron chi connectivity index (χ2n) is 3.72. The van der Waals surface area contributed by atoms with Crippen LogP contribution >= 0.6 is 11.6 Å². The zero-order valence-electron chi connectivity index (χ0n) is 9.47. The number of benzene rings is 2. The summed E-state index contributed by atoms with van der Waals surface area (Å²) in [6, 6.07) is 11.6. The van der Waals surface area contributed by atoms with Gasteiger partial charge in [0.05, 0.1) is 5.56 Å². The summed E-state index contributed by atoms with van der Waals surface area (Å²) in [4.78, 5) is 10.8. The molecule has 0 fully saturated rings. The Hall–Kier alpha value is -2.00. The summed E-state index contributed by atoms with van der Waals surface area (Å²) >= 11 is 5.83. The lowest BCUT2D eigenvalue weighted by Gasteiger charge is -2.09. The number of phenols is 1. The van der Waals surface area contributed by atoms with Gasteiger partial charge in [-0.3, -0.25) is 4.79 Å². The Morgan fingerprint density at radius 2 is 2.00 bits per heavy atom. The van der Waals surface area contributed by atoms with Crippen molar-refractivity contribution in [3.8, 4) is 11.5 Å². The maximum Gasteiger partial charge on any atom is 0.153 e. The van der Waals surface area contributed by atoms with Gasteiger partial charge in [0.25, 0.3) is 0 Å². The monoisotopic (exact) mass is 262 g/mol. The van der Waals surface area contributed by atoms with Gasteiger partial charge >= 0.3 is 0 Å². The molecule has 3 nitrogen and oxygen atoms in total. The molecule has 0 amide bonds. The smallest absolute Gasteiger partial charge is 0.153 e. The van der Waals surface area contributed by atoms with Gasteiger partial charge in [-0.15, -0.1) is 0 Å². The molecule has 2 aromatic rings. The molecule has 18 heavy (non-hydrogen) atoms. The highest BCUT2D eigenvalue weighted by Crippen LogP contribution is 2.24. The van der Waals surface area contributed by atoms with E-state index in [0.29, 0.717) is 21.9 Å². The summed E-state index contributed by atoms with van der Waals surface area (Å²) in [6.07, 6.45) is 0.729. The molecule has 4 heteroatoms. The first-order valence-corrected chi connectivity index (χ1v) is 5.73. The molecule has 0 heterocycles. The van der Waals surface area contributed by atoms with Crippen LogP contribution in [-0.2, 0) is 6.61 Å². The standard InChI is InChI=1S/C14H11ClO3/c15-12-5-6-13(17)11(7-12)9-18-14-4-2-1-3-10(14)8-16/h1-8,17H,9H2. The number of carbonyl (C=O) groups excluding carboxylic acids is 1. The van der Waals surface area contributed by atoms with Crippen molar-refractivity contribution in [2.75, 3.05) is 0 Å². The summed E-state index contributed by atoms with van der Waals surface area (Å²) in [5, 5.41) is 10.2. The van der Waals surface area contributed by atoms with Gasteiger partial charge in [0.2, 0.25) is 0 Å². The number of ether oxygens (including phenoxy) is 1. The predicted octanol–water partition coefficient (Wildman–Crippen LogP) is 3.44. The summed E-state index contributed by atoms with van der Waals surface area (Å²) in [5.74, 6) is 0.592. The predicted molar refractivity (Wildman–Crippen MR) is 69.3 cm³/mol. The van der Waals surface area contributed by atoms with E-state index in [1.54, 1.807) is 36.4 Å². The van der Waals surface area contributed by atoms with Crippen LogP contribution in [0.4, 0.5) is 0 Å². The van der Waals surface area contributed by atoms with E-state index in [1.165, 1.54) is 6.07 Å². The lowest BCUT2D eigenvalue weighted by molar-refractivity contribution is 0.111. The Morgan fingerprint density at radius 3 is 2.78 bits per heavy atom. The molecule has 92 valence electrons. The zero-order chi connectivity index (χ0) is 13.0. The van der Waals surface area contributed by atoms with Crippen LogP contribution in [0.1, 0.15) is 15.9 Å². The van der Waals surface area contributed by atoms with Gasteiger partial charge in [-0.25, -0.2) is 0 Å². The van der Waals surface area contributed by atoms with Crippen molar-refractivity contribution in [3.05, 3.63) is 58.6 Å². The molecule has 0 aliphatic carbocycles. The van der Waals surface area contributed by atoms with E-state index < -0.39 is 0 Å². The lowest BCUT2D eigenvalue weighted by Crippen LogP contribution is -1.98. The molecule has 0 unspecified atom stereocenters. The molecule has 0 saturated heterocycles. The molecular formula is C14H11ClO3. The van der Waals surface area contributed by atoms with Crippen LogP contribution in [0.3, 0.4) is 0 Å². The maximum atomic E-state index is 10.8. The first-order chi connectivity index (χ1) is 8.70. The second kappa shape index (κ2) is 5.56. The number of para-hydroxylation sites is 1. The average molecular weight is 263 g/mol. The Bertz CT molecular complexity index is 567. The summed E-state index contributed by atoms with van der Waals surface area (Å²) < 4.78 is 5.50. The topological polar surface area (TPSA) is 46.5 Å². The molecule has 0 bridgehead atoms. The van der Waals surface area contributed by atoms with Crippen LogP contribution in [0.15, 0.2) is 42.5 Å². The van der Waals surface area contributed by atoms with Gasteiger partial charge in [-0.1, -0.05) is 23.7 Å². The third-order valence-electron chi connectivity index (χ3n) is 2.47. The van der Waals surface area contributed by atoms with Gasteiger partial charge in [0.15, 0.2) is 6.29 Å². The van der Waals surface area contributed by atoms with Crippen LogP contribution in [-0.4, -0.2) is 11.4 Å². The normalized spacial score (nSPS) is 10.1. The van der Waals surface area contributed by atoms with Crippen LogP contribution in [0.5, 0.6) is 11.5 Å². The number of hydrogen-bond donors (Lipinski definition) is 1. The van der Waals surface area contributed by atoms with Gasteiger partial charge in [0.1, 0.15) is 18.1 Å². The largest absolute Gasteiger partial charge is 0.508 e. The molecule has 1 N–H and O–H groups in total. The quantitative estimate of drug-likeness (QED) is 0.859. The summed E-state index contributed by atoms with van der Waals surface area (Å²) in [5.41, 5.74) is 1.04. The number of halogens is 1. The van der Waals surface area contributed by atoms with Gasteiger partial charge in [-0.05, 0) is 30.3 Å². The minimum atomic E-state index is 0.114. The molecule has 0 spiro atoms. The van der Waals surface area contributed by atoms with Crippen LogP contribution in [0.2, 0.25) is 5.02 Å². The Morgan fingerprint density at radius 1 is 1.22 bits per heavy atom. The Kier molecular flexibility index (Phi) is 3.85. The van der Waals surface area contributed by atoms with Crippen molar-refractivity contribution in [1.82, 2.24) is 0 Å². The van der Waals surface area contributed by atoms with Crippen molar-refractivity contribution in [3.63, 3.8) is 0 Å². The molecule has 0 saturated carbocycles. The molecule has 0 aromatic heterocycles. The van der Waals surface area contributed by atoms with Crippen molar-refractivity contribution in [2.24, 2.45) is 0 Å². The van der Waals surface area contributed by atoms with Crippen LogP contribution in [0.25, 0.3) is 0 Å². The first-order valence-electron chi connectivity index (χ1n) is 5.35. The summed E-state index contributed by atoms with van der Waals surface area (Å²) in [6.45, 7) is 0.150. The number of aromatic hydroxyl groups is 1. The second-order valence-corrected chi connectivity index (χ2v) is 4.15. The fraction of sp³-hybridized carbons (Fsp3) is 0.0714. The maximum absolute atomic E-state index is 10.8. The van der Waals surface area contributed by atoms with Crippen molar-refractivity contribution >= 4 is 17.9 Å². The van der Waals surface area contributed by atoms with E-state index in [0.717, 1.165) is 6.29 Å². The Labute approximate surface area is 110 Å². The van der Waals surface area contributed by atoms with E-state index in [2.05, 4.69) is 0 Å². The number of carbonyl (C=O) groups is 1. The molecule has 0 radical (unpaired) electrons. The minimum absolute atomic E-state index is 0.114. The fourth-order valence-corrected chi connectivity index (χ4v) is 1.73. The first kappa shape index (κ1) is 12.5. The van der Waals surface area contributed by atoms with Crippen LogP contribution < -0.4 is 4.74 Å². The highest BCUT2D eigenvalue weighted by Gasteiger charge is 2.05. The zero-order valence-corrected chi connectivity index (χ0v) is 10.2. The van der Waals surface area contributed by atoms with E-state index in [4.69, 9.17) is 16.3 Å². The molecule has 0 atom stereocenters. The van der Waals surface area contributed by atoms with E-state index in [-0.39, 0.29) is 12.4 Å². The summed E-state index contributed by atoms with van der Waals surface area (Å²) in [7, 11) is 0. The lowest BCUT2D eigenvalue weighted by atomic mass is 10.2. The van der Waals surface area contributed by atoms with Gasteiger partial charge in [-0.2, -0.15) is 0 Å². The third-order valence-corrected chi connectivity index (χ3v) is 2.71.